The Kier molecular flexibility index (Phi) is 4.29. The predicted octanol–water partition coefficient (Wildman–Crippen LogP) is 1.77. The molecule has 2 nitrogen and oxygen atoms in total. The molecule has 67 valence electrons. The summed E-state index contributed by atoms with van der Waals surface area (Å²) in [5, 5.41) is 0.319. The summed E-state index contributed by atoms with van der Waals surface area (Å²) >= 11 is 0. The molecule has 0 bridgehead atoms. The highest BCUT2D eigenvalue weighted by molar-refractivity contribution is 6.53. The lowest BCUT2D eigenvalue weighted by atomic mass is 10.3. The monoisotopic (exact) mass is 174 g/mol. The minimum atomic E-state index is -0.680. The average Bonchev–Trinajstić information content (AvgIpc) is 1.80. The van der Waals surface area contributed by atoms with Crippen molar-refractivity contribution in [2.75, 3.05) is 6.61 Å². The van der Waals surface area contributed by atoms with Crippen LogP contribution in [-0.2, 0) is 4.43 Å². The molecule has 11 heavy (non-hydrogen) atoms. The van der Waals surface area contributed by atoms with Gasteiger partial charge in [-0.15, -0.1) is 0 Å². The fraction of sp³-hybridized carbons (Fsp3) is 1.00. The molecule has 0 aromatic rings. The quantitative estimate of drug-likeness (QED) is 0.662. The Hall–Kier alpha value is 0.137. The maximum Gasteiger partial charge on any atom is 0.213 e. The molecule has 1 atom stereocenters. The predicted molar refractivity (Wildman–Crippen MR) is 50.9 cm³/mol. The van der Waals surface area contributed by atoms with Crippen LogP contribution in [0.3, 0.4) is 0 Å². The number of rotatable bonds is 3. The Balaban J connectivity index is 3.61. The van der Waals surface area contributed by atoms with Gasteiger partial charge in [0, 0.05) is 12.6 Å². The van der Waals surface area contributed by atoms with Crippen LogP contribution in [0.5, 0.6) is 0 Å². The van der Waals surface area contributed by atoms with Gasteiger partial charge in [-0.25, -0.2) is 0 Å². The molecule has 0 aliphatic heterocycles. The highest BCUT2D eigenvalue weighted by atomic mass is 28.3. The van der Waals surface area contributed by atoms with Crippen LogP contribution in [0.25, 0.3) is 0 Å². The molecular formula is C8H20NOSi. The zero-order chi connectivity index (χ0) is 9.07. The molecule has 0 saturated carbocycles. The molecular weight excluding hydrogens is 154 g/mol. The second-order valence-electron chi connectivity index (χ2n) is 4.09. The summed E-state index contributed by atoms with van der Waals surface area (Å²) in [6, 6.07) is 0.164. The minimum absolute atomic E-state index is 0.164. The largest absolute Gasteiger partial charge is 0.415 e. The van der Waals surface area contributed by atoms with Crippen LogP contribution >= 0.6 is 0 Å². The van der Waals surface area contributed by atoms with Crippen molar-refractivity contribution in [1.29, 1.82) is 0 Å². The summed E-state index contributed by atoms with van der Waals surface area (Å²) in [6.07, 6.45) is 0. The number of hydrogen-bond donors (Lipinski definition) is 1. The van der Waals surface area contributed by atoms with E-state index in [-0.39, 0.29) is 6.04 Å². The average molecular weight is 174 g/mol. The van der Waals surface area contributed by atoms with Crippen molar-refractivity contribution in [2.24, 2.45) is 5.73 Å². The van der Waals surface area contributed by atoms with E-state index in [0.29, 0.717) is 11.6 Å². The van der Waals surface area contributed by atoms with Crippen LogP contribution in [0.4, 0.5) is 0 Å². The summed E-state index contributed by atoms with van der Waals surface area (Å²) in [7, 11) is -0.680. The molecule has 0 amide bonds. The second-order valence-corrected chi connectivity index (χ2v) is 7.00. The Morgan fingerprint density at radius 3 is 2.18 bits per heavy atom. The van der Waals surface area contributed by atoms with Gasteiger partial charge in [0.15, 0.2) is 0 Å². The van der Waals surface area contributed by atoms with Crippen LogP contribution in [0.1, 0.15) is 27.7 Å². The first-order valence-corrected chi connectivity index (χ1v) is 5.97. The van der Waals surface area contributed by atoms with Gasteiger partial charge in [0.05, 0.1) is 0 Å². The van der Waals surface area contributed by atoms with Gasteiger partial charge in [-0.3, -0.25) is 0 Å². The zero-order valence-electron chi connectivity index (χ0n) is 8.27. The van der Waals surface area contributed by atoms with Crippen molar-refractivity contribution in [3.63, 3.8) is 0 Å². The third-order valence-corrected chi connectivity index (χ3v) is 4.33. The van der Waals surface area contributed by atoms with E-state index >= 15 is 0 Å². The first kappa shape index (κ1) is 11.1. The van der Waals surface area contributed by atoms with Gasteiger partial charge in [-0.05, 0) is 18.5 Å². The van der Waals surface area contributed by atoms with Crippen molar-refractivity contribution in [3.05, 3.63) is 0 Å². The maximum atomic E-state index is 5.64. The van der Waals surface area contributed by atoms with Crippen LogP contribution < -0.4 is 5.73 Å². The van der Waals surface area contributed by atoms with E-state index in [2.05, 4.69) is 27.3 Å². The van der Waals surface area contributed by atoms with Crippen molar-refractivity contribution >= 4 is 9.04 Å². The lowest BCUT2D eigenvalue weighted by Crippen LogP contribution is -2.31. The topological polar surface area (TPSA) is 35.2 Å². The van der Waals surface area contributed by atoms with Gasteiger partial charge in [-0.2, -0.15) is 0 Å². The third kappa shape index (κ3) is 5.41. The molecule has 3 heteroatoms. The summed E-state index contributed by atoms with van der Waals surface area (Å²) in [5.74, 6) is 0. The Morgan fingerprint density at radius 2 is 1.91 bits per heavy atom. The molecule has 0 aliphatic carbocycles. The number of hydrogen-bond acceptors (Lipinski definition) is 2. The molecule has 0 aromatic carbocycles. The first-order valence-electron chi connectivity index (χ1n) is 4.06. The van der Waals surface area contributed by atoms with Gasteiger partial charge in [-0.1, -0.05) is 20.8 Å². The standard InChI is InChI=1S/C8H20NOSi/c1-7(9)6-10-11(5)8(2,3)4/h7H,6,9H2,1-5H3/t7-/m1/s1. The molecule has 0 saturated heterocycles. The van der Waals surface area contributed by atoms with Crippen LogP contribution in [0, 0.1) is 0 Å². The van der Waals surface area contributed by atoms with E-state index in [0.717, 1.165) is 0 Å². The van der Waals surface area contributed by atoms with Crippen LogP contribution in [0.2, 0.25) is 11.6 Å². The molecule has 2 N–H and O–H groups in total. The van der Waals surface area contributed by atoms with E-state index in [1.165, 1.54) is 0 Å². The highest BCUT2D eigenvalue weighted by Gasteiger charge is 2.23. The van der Waals surface area contributed by atoms with E-state index in [4.69, 9.17) is 10.2 Å². The van der Waals surface area contributed by atoms with Gasteiger partial charge in [0.25, 0.3) is 0 Å². The SMILES string of the molecule is C[C@@H](N)CO[Si](C)C(C)(C)C. The summed E-state index contributed by atoms with van der Waals surface area (Å²) in [4.78, 5) is 0. The molecule has 0 aliphatic rings. The van der Waals surface area contributed by atoms with E-state index < -0.39 is 9.04 Å². The highest BCUT2D eigenvalue weighted by Crippen LogP contribution is 2.26. The van der Waals surface area contributed by atoms with Crippen molar-refractivity contribution < 1.29 is 4.43 Å². The number of nitrogens with two attached hydrogens (primary N) is 1. The summed E-state index contributed by atoms with van der Waals surface area (Å²) in [5.41, 5.74) is 5.58. The molecule has 0 rings (SSSR count). The smallest absolute Gasteiger partial charge is 0.213 e. The fourth-order valence-corrected chi connectivity index (χ4v) is 1.42. The fourth-order valence-electron chi connectivity index (χ4n) is 0.473. The van der Waals surface area contributed by atoms with Gasteiger partial charge in [0.2, 0.25) is 9.04 Å². The van der Waals surface area contributed by atoms with Crippen molar-refractivity contribution in [3.8, 4) is 0 Å². The lowest BCUT2D eigenvalue weighted by Gasteiger charge is -2.25. The van der Waals surface area contributed by atoms with Crippen molar-refractivity contribution in [2.45, 2.75) is 45.3 Å². The van der Waals surface area contributed by atoms with E-state index in [1.54, 1.807) is 0 Å². The van der Waals surface area contributed by atoms with Crippen LogP contribution in [-0.4, -0.2) is 21.7 Å². The first-order chi connectivity index (χ1) is 4.84. The molecule has 0 spiro atoms. The maximum absolute atomic E-state index is 5.64. The lowest BCUT2D eigenvalue weighted by molar-refractivity contribution is 0.285. The van der Waals surface area contributed by atoms with Gasteiger partial charge < -0.3 is 10.2 Å². The second kappa shape index (κ2) is 4.23. The Bertz CT molecular complexity index is 109. The van der Waals surface area contributed by atoms with Gasteiger partial charge in [0.1, 0.15) is 0 Å². The minimum Gasteiger partial charge on any atom is -0.415 e. The summed E-state index contributed by atoms with van der Waals surface area (Å²) < 4.78 is 5.64. The van der Waals surface area contributed by atoms with E-state index in [9.17, 15) is 0 Å². The summed E-state index contributed by atoms with van der Waals surface area (Å²) in [6.45, 7) is 11.5. The molecule has 1 radical (unpaired) electrons. The Morgan fingerprint density at radius 1 is 1.45 bits per heavy atom. The Labute approximate surface area is 71.8 Å². The van der Waals surface area contributed by atoms with Gasteiger partial charge >= 0.3 is 0 Å². The third-order valence-electron chi connectivity index (χ3n) is 1.62. The molecule has 0 unspecified atom stereocenters. The zero-order valence-corrected chi connectivity index (χ0v) is 9.27. The van der Waals surface area contributed by atoms with E-state index in [1.807, 2.05) is 6.92 Å². The molecule has 0 heterocycles. The molecule has 0 aromatic heterocycles. The normalized spacial score (nSPS) is 15.5. The molecule has 0 fully saturated rings. The van der Waals surface area contributed by atoms with Crippen LogP contribution in [0.15, 0.2) is 0 Å². The van der Waals surface area contributed by atoms with Crippen molar-refractivity contribution in [1.82, 2.24) is 0 Å².